The topological polar surface area (TPSA) is 52.6 Å². The van der Waals surface area contributed by atoms with Gasteiger partial charge in [-0.2, -0.15) is 13.2 Å². The number of halogens is 4. The SMILES string of the molecule is CN=C(NCc1nc(C(F)(F)F)cs1)NCC1CCN(C)CC1.I. The van der Waals surface area contributed by atoms with Gasteiger partial charge in [0.25, 0.3) is 0 Å². The highest BCUT2D eigenvalue weighted by Gasteiger charge is 2.33. The summed E-state index contributed by atoms with van der Waals surface area (Å²) < 4.78 is 37.5. The van der Waals surface area contributed by atoms with Crippen LogP contribution in [-0.2, 0) is 12.7 Å². The lowest BCUT2D eigenvalue weighted by Gasteiger charge is -2.29. The summed E-state index contributed by atoms with van der Waals surface area (Å²) >= 11 is 0.993. The molecule has 2 heterocycles. The Balaban J connectivity index is 0.00000288. The molecule has 10 heteroatoms. The van der Waals surface area contributed by atoms with Crippen LogP contribution in [0.1, 0.15) is 23.5 Å². The normalized spacial score (nSPS) is 17.5. The van der Waals surface area contributed by atoms with Gasteiger partial charge in [-0.05, 0) is 38.9 Å². The molecule has 1 aliphatic heterocycles. The number of alkyl halides is 3. The van der Waals surface area contributed by atoms with Crippen LogP contribution in [0.25, 0.3) is 0 Å². The van der Waals surface area contributed by atoms with Crippen LogP contribution in [0.4, 0.5) is 13.2 Å². The first-order chi connectivity index (χ1) is 10.9. The third-order valence-corrected chi connectivity index (χ3v) is 4.72. The largest absolute Gasteiger partial charge is 0.434 e. The van der Waals surface area contributed by atoms with Crippen LogP contribution in [0.3, 0.4) is 0 Å². The second-order valence-electron chi connectivity index (χ2n) is 5.68. The first-order valence-electron chi connectivity index (χ1n) is 7.53. The van der Waals surface area contributed by atoms with Crippen LogP contribution < -0.4 is 10.6 Å². The monoisotopic (exact) mass is 477 g/mol. The number of aliphatic imine (C=N–C) groups is 1. The van der Waals surface area contributed by atoms with Gasteiger partial charge in [-0.25, -0.2) is 4.98 Å². The number of aromatic nitrogens is 1. The maximum Gasteiger partial charge on any atom is 0.434 e. The van der Waals surface area contributed by atoms with Crippen LogP contribution in [0.15, 0.2) is 10.4 Å². The maximum absolute atomic E-state index is 12.5. The van der Waals surface area contributed by atoms with Gasteiger partial charge in [-0.3, -0.25) is 4.99 Å². The van der Waals surface area contributed by atoms with Crippen molar-refractivity contribution in [2.75, 3.05) is 33.7 Å². The maximum atomic E-state index is 12.5. The molecular formula is C14H23F3IN5S. The Labute approximate surface area is 161 Å². The van der Waals surface area contributed by atoms with E-state index >= 15 is 0 Å². The molecule has 1 saturated heterocycles. The predicted octanol–water partition coefficient (Wildman–Crippen LogP) is 2.79. The minimum Gasteiger partial charge on any atom is -0.356 e. The Morgan fingerprint density at radius 2 is 2.04 bits per heavy atom. The van der Waals surface area contributed by atoms with E-state index in [4.69, 9.17) is 0 Å². The van der Waals surface area contributed by atoms with Crippen molar-refractivity contribution in [1.29, 1.82) is 0 Å². The summed E-state index contributed by atoms with van der Waals surface area (Å²) in [5.41, 5.74) is -0.839. The van der Waals surface area contributed by atoms with E-state index in [1.165, 1.54) is 0 Å². The average molecular weight is 477 g/mol. The van der Waals surface area contributed by atoms with E-state index < -0.39 is 11.9 Å². The molecule has 0 aromatic carbocycles. The standard InChI is InChI=1S/C14H22F3N5S.HI/c1-18-13(19-7-10-3-5-22(2)6-4-10)20-8-12-21-11(9-23-12)14(15,16)17;/h9-10H,3-8H2,1-2H3,(H2,18,19,20);1H. The zero-order chi connectivity index (χ0) is 16.9. The van der Waals surface area contributed by atoms with E-state index in [1.54, 1.807) is 7.05 Å². The van der Waals surface area contributed by atoms with Gasteiger partial charge >= 0.3 is 6.18 Å². The number of thiazole rings is 1. The van der Waals surface area contributed by atoms with E-state index in [-0.39, 0.29) is 30.5 Å². The zero-order valence-electron chi connectivity index (χ0n) is 13.7. The number of likely N-dealkylation sites (tertiary alicyclic amines) is 1. The summed E-state index contributed by atoms with van der Waals surface area (Å²) in [5, 5.41) is 7.67. The van der Waals surface area contributed by atoms with Crippen molar-refractivity contribution in [3.05, 3.63) is 16.1 Å². The van der Waals surface area contributed by atoms with Gasteiger partial charge in [0, 0.05) is 19.0 Å². The molecule has 0 aliphatic carbocycles. The summed E-state index contributed by atoms with van der Waals surface area (Å²) in [5.74, 6) is 1.19. The highest BCUT2D eigenvalue weighted by molar-refractivity contribution is 14.0. The lowest BCUT2D eigenvalue weighted by Crippen LogP contribution is -2.42. The highest BCUT2D eigenvalue weighted by Crippen LogP contribution is 2.29. The summed E-state index contributed by atoms with van der Waals surface area (Å²) in [6.07, 6.45) is -2.10. The molecule has 1 aliphatic rings. The van der Waals surface area contributed by atoms with Crippen LogP contribution in [0, 0.1) is 5.92 Å². The highest BCUT2D eigenvalue weighted by atomic mass is 127. The molecule has 1 aromatic rings. The van der Waals surface area contributed by atoms with Gasteiger partial charge in [0.2, 0.25) is 0 Å². The van der Waals surface area contributed by atoms with Crippen molar-refractivity contribution in [2.45, 2.75) is 25.6 Å². The quantitative estimate of drug-likeness (QED) is 0.398. The van der Waals surface area contributed by atoms with E-state index in [1.807, 2.05) is 0 Å². The molecular weight excluding hydrogens is 454 g/mol. The van der Waals surface area contributed by atoms with Crippen molar-refractivity contribution in [2.24, 2.45) is 10.9 Å². The van der Waals surface area contributed by atoms with Gasteiger partial charge in [0.15, 0.2) is 11.7 Å². The molecule has 2 rings (SSSR count). The number of rotatable bonds is 4. The fraction of sp³-hybridized carbons (Fsp3) is 0.714. The number of nitrogens with zero attached hydrogens (tertiary/aromatic N) is 3. The fourth-order valence-corrected chi connectivity index (χ4v) is 3.15. The lowest BCUT2D eigenvalue weighted by molar-refractivity contribution is -0.140. The minimum absolute atomic E-state index is 0. The smallest absolute Gasteiger partial charge is 0.356 e. The Kier molecular flexibility index (Phi) is 8.71. The summed E-state index contributed by atoms with van der Waals surface area (Å²) in [7, 11) is 3.76. The molecule has 5 nitrogen and oxygen atoms in total. The van der Waals surface area contributed by atoms with E-state index in [2.05, 4.69) is 32.6 Å². The first-order valence-corrected chi connectivity index (χ1v) is 8.41. The third kappa shape index (κ3) is 6.71. The molecule has 0 saturated carbocycles. The molecule has 1 aromatic heterocycles. The van der Waals surface area contributed by atoms with Crippen LogP contribution >= 0.6 is 35.3 Å². The molecule has 0 amide bonds. The van der Waals surface area contributed by atoms with Crippen molar-refractivity contribution in [1.82, 2.24) is 20.5 Å². The molecule has 2 N–H and O–H groups in total. The van der Waals surface area contributed by atoms with Crippen molar-refractivity contribution < 1.29 is 13.2 Å². The van der Waals surface area contributed by atoms with Crippen LogP contribution in [-0.4, -0.2) is 49.6 Å². The summed E-state index contributed by atoms with van der Waals surface area (Å²) in [6.45, 7) is 3.24. The van der Waals surface area contributed by atoms with Crippen molar-refractivity contribution in [3.63, 3.8) is 0 Å². The number of guanidine groups is 1. The van der Waals surface area contributed by atoms with Gasteiger partial charge in [0.05, 0.1) is 6.54 Å². The van der Waals surface area contributed by atoms with E-state index in [9.17, 15) is 13.2 Å². The molecule has 138 valence electrons. The molecule has 0 spiro atoms. The average Bonchev–Trinajstić information content (AvgIpc) is 2.98. The molecule has 0 atom stereocenters. The van der Waals surface area contributed by atoms with E-state index in [0.717, 1.165) is 49.2 Å². The Bertz CT molecular complexity index is 527. The second kappa shape index (κ2) is 9.76. The Hall–Kier alpha value is -0.620. The summed E-state index contributed by atoms with van der Waals surface area (Å²) in [4.78, 5) is 10.00. The van der Waals surface area contributed by atoms with Gasteiger partial charge in [-0.15, -0.1) is 35.3 Å². The van der Waals surface area contributed by atoms with Crippen molar-refractivity contribution in [3.8, 4) is 0 Å². The van der Waals surface area contributed by atoms with Crippen LogP contribution in [0.5, 0.6) is 0 Å². The second-order valence-corrected chi connectivity index (χ2v) is 6.62. The van der Waals surface area contributed by atoms with Gasteiger partial charge < -0.3 is 15.5 Å². The number of nitrogens with one attached hydrogen (secondary N) is 2. The third-order valence-electron chi connectivity index (χ3n) is 3.87. The molecule has 0 radical (unpaired) electrons. The molecule has 0 unspecified atom stereocenters. The summed E-state index contributed by atoms with van der Waals surface area (Å²) in [6, 6.07) is 0. The lowest BCUT2D eigenvalue weighted by atomic mass is 9.97. The number of hydrogen-bond acceptors (Lipinski definition) is 4. The van der Waals surface area contributed by atoms with Crippen LogP contribution in [0.2, 0.25) is 0 Å². The zero-order valence-corrected chi connectivity index (χ0v) is 16.8. The fourth-order valence-electron chi connectivity index (χ4n) is 2.41. The minimum atomic E-state index is -4.39. The Morgan fingerprint density at radius 3 is 2.58 bits per heavy atom. The van der Waals surface area contributed by atoms with Gasteiger partial charge in [0.1, 0.15) is 5.01 Å². The van der Waals surface area contributed by atoms with Crippen molar-refractivity contribution >= 4 is 41.3 Å². The number of piperidine rings is 1. The first kappa shape index (κ1) is 21.4. The Morgan fingerprint density at radius 1 is 1.38 bits per heavy atom. The molecule has 1 fully saturated rings. The molecule has 0 bridgehead atoms. The molecule has 24 heavy (non-hydrogen) atoms. The van der Waals surface area contributed by atoms with E-state index in [0.29, 0.717) is 16.9 Å². The predicted molar refractivity (Wildman–Crippen MR) is 101 cm³/mol. The van der Waals surface area contributed by atoms with Gasteiger partial charge in [-0.1, -0.05) is 0 Å². The number of hydrogen-bond donors (Lipinski definition) is 2.